The van der Waals surface area contributed by atoms with E-state index in [9.17, 15) is 0 Å². The number of rotatable bonds is 6. The van der Waals surface area contributed by atoms with Gasteiger partial charge in [-0.05, 0) is 148 Å². The van der Waals surface area contributed by atoms with Crippen molar-refractivity contribution in [3.05, 3.63) is 217 Å². The highest BCUT2D eigenvalue weighted by Crippen LogP contribution is 2.36. The molecule has 1 nitrogen and oxygen atoms in total. The fraction of sp³-hybridized carbons (Fsp3) is 0. The zero-order valence-electron chi connectivity index (χ0n) is 29.5. The summed E-state index contributed by atoms with van der Waals surface area (Å²) in [7, 11) is 0. The lowest BCUT2D eigenvalue weighted by atomic mass is 9.89. The minimum absolute atomic E-state index is 0.00985. The minimum Gasteiger partial charge on any atom is -0.289 e. The van der Waals surface area contributed by atoms with Gasteiger partial charge < -0.3 is 0 Å². The molecule has 0 N–H and O–H groups in total. The molecule has 0 heterocycles. The second-order valence-corrected chi connectivity index (χ2v) is 14.2. The summed E-state index contributed by atoms with van der Waals surface area (Å²) in [5.41, 5.74) is 9.65. The molecule has 1 heteroatoms. The lowest BCUT2D eigenvalue weighted by Gasteiger charge is -2.14. The summed E-state index contributed by atoms with van der Waals surface area (Å²) >= 11 is 0. The first kappa shape index (κ1) is 31.6. The molecule has 0 amide bonds. The Morgan fingerprint density at radius 1 is 0.222 bits per heavy atom. The van der Waals surface area contributed by atoms with E-state index in [4.69, 9.17) is 0 Å². The average molecular weight is 687 g/mol. The average Bonchev–Trinajstić information content (AvgIpc) is 3.25. The number of fused-ring (bicyclic) bond motifs is 4. The number of carbonyl (C=O) groups excluding carboxylic acids is 1. The SMILES string of the molecule is O=C(c1cc(-c2ccc3ccccc3c2)cc(-c2ccc3ccccc3c2)c1)c1cc(-c2ccc3ccccc3c2)cc(-c2ccc3ccccc3c2)c1. The van der Waals surface area contributed by atoms with Gasteiger partial charge >= 0.3 is 0 Å². The molecule has 10 rings (SSSR count). The smallest absolute Gasteiger partial charge is 0.193 e. The van der Waals surface area contributed by atoms with Crippen LogP contribution in [0.1, 0.15) is 15.9 Å². The van der Waals surface area contributed by atoms with Gasteiger partial charge in [-0.15, -0.1) is 0 Å². The maximum absolute atomic E-state index is 15.0. The van der Waals surface area contributed by atoms with Crippen molar-refractivity contribution in [2.24, 2.45) is 0 Å². The van der Waals surface area contributed by atoms with Gasteiger partial charge in [0.05, 0.1) is 0 Å². The van der Waals surface area contributed by atoms with Crippen LogP contribution in [0.15, 0.2) is 206 Å². The zero-order chi connectivity index (χ0) is 36.0. The molecule has 10 aromatic carbocycles. The van der Waals surface area contributed by atoms with E-state index in [1.54, 1.807) is 0 Å². The third-order valence-electron chi connectivity index (χ3n) is 10.7. The first-order valence-corrected chi connectivity index (χ1v) is 18.4. The van der Waals surface area contributed by atoms with Crippen molar-refractivity contribution in [3.63, 3.8) is 0 Å². The van der Waals surface area contributed by atoms with Gasteiger partial charge in [0.15, 0.2) is 5.78 Å². The van der Waals surface area contributed by atoms with E-state index in [-0.39, 0.29) is 5.78 Å². The van der Waals surface area contributed by atoms with Crippen LogP contribution in [0.4, 0.5) is 0 Å². The summed E-state index contributed by atoms with van der Waals surface area (Å²) in [5, 5.41) is 9.43. The molecule has 0 aliphatic carbocycles. The van der Waals surface area contributed by atoms with Crippen LogP contribution in [0.3, 0.4) is 0 Å². The molecule has 0 aliphatic heterocycles. The van der Waals surface area contributed by atoms with E-state index in [2.05, 4.69) is 206 Å². The molecule has 0 aromatic heterocycles. The van der Waals surface area contributed by atoms with Crippen LogP contribution < -0.4 is 0 Å². The van der Waals surface area contributed by atoms with Crippen LogP contribution >= 0.6 is 0 Å². The van der Waals surface area contributed by atoms with Gasteiger partial charge in [-0.3, -0.25) is 4.79 Å². The normalized spacial score (nSPS) is 11.4. The summed E-state index contributed by atoms with van der Waals surface area (Å²) in [6.45, 7) is 0. The molecule has 0 aliphatic rings. The van der Waals surface area contributed by atoms with Crippen LogP contribution in [0.2, 0.25) is 0 Å². The van der Waals surface area contributed by atoms with E-state index >= 15 is 4.79 Å². The van der Waals surface area contributed by atoms with Crippen molar-refractivity contribution < 1.29 is 4.79 Å². The van der Waals surface area contributed by atoms with Gasteiger partial charge in [-0.2, -0.15) is 0 Å². The summed E-state index contributed by atoms with van der Waals surface area (Å²) < 4.78 is 0. The predicted molar refractivity (Wildman–Crippen MR) is 228 cm³/mol. The molecule has 0 spiro atoms. The number of benzene rings is 10. The quantitative estimate of drug-likeness (QED) is 0.159. The van der Waals surface area contributed by atoms with E-state index in [0.717, 1.165) is 44.5 Å². The lowest BCUT2D eigenvalue weighted by molar-refractivity contribution is 0.103. The molecule has 0 unspecified atom stereocenters. The second kappa shape index (κ2) is 13.2. The number of carbonyl (C=O) groups is 1. The molecule has 10 aromatic rings. The zero-order valence-corrected chi connectivity index (χ0v) is 29.5. The fourth-order valence-corrected chi connectivity index (χ4v) is 7.83. The molecule has 0 bridgehead atoms. The highest BCUT2D eigenvalue weighted by molar-refractivity contribution is 6.12. The number of hydrogen-bond acceptors (Lipinski definition) is 1. The van der Waals surface area contributed by atoms with Crippen molar-refractivity contribution in [2.45, 2.75) is 0 Å². The Kier molecular flexibility index (Phi) is 7.70. The van der Waals surface area contributed by atoms with Crippen molar-refractivity contribution in [2.75, 3.05) is 0 Å². The van der Waals surface area contributed by atoms with Crippen LogP contribution in [-0.4, -0.2) is 5.78 Å². The molecule has 54 heavy (non-hydrogen) atoms. The number of ketones is 1. The van der Waals surface area contributed by atoms with Crippen LogP contribution in [0.5, 0.6) is 0 Å². The molecule has 0 radical (unpaired) electrons. The Bertz CT molecular complexity index is 2670. The molecule has 0 atom stereocenters. The Labute approximate surface area is 314 Å². The van der Waals surface area contributed by atoms with E-state index in [1.807, 2.05) is 0 Å². The highest BCUT2D eigenvalue weighted by atomic mass is 16.1. The third kappa shape index (κ3) is 5.92. The Morgan fingerprint density at radius 3 is 0.722 bits per heavy atom. The number of hydrogen-bond donors (Lipinski definition) is 0. The van der Waals surface area contributed by atoms with Crippen molar-refractivity contribution in [3.8, 4) is 44.5 Å². The van der Waals surface area contributed by atoms with E-state index in [1.165, 1.54) is 43.1 Å². The fourth-order valence-electron chi connectivity index (χ4n) is 7.83. The van der Waals surface area contributed by atoms with Crippen molar-refractivity contribution >= 4 is 48.9 Å². The van der Waals surface area contributed by atoms with Gasteiger partial charge in [-0.1, -0.05) is 146 Å². The van der Waals surface area contributed by atoms with Crippen molar-refractivity contribution in [1.82, 2.24) is 0 Å². The Balaban J connectivity index is 1.16. The van der Waals surface area contributed by atoms with Gasteiger partial charge in [-0.25, -0.2) is 0 Å². The molecular formula is C53H34O. The highest BCUT2D eigenvalue weighted by Gasteiger charge is 2.17. The molecular weight excluding hydrogens is 653 g/mol. The summed E-state index contributed by atoms with van der Waals surface area (Å²) in [4.78, 5) is 15.0. The topological polar surface area (TPSA) is 17.1 Å². The monoisotopic (exact) mass is 686 g/mol. The molecule has 0 saturated carbocycles. The van der Waals surface area contributed by atoms with E-state index < -0.39 is 0 Å². The van der Waals surface area contributed by atoms with Crippen LogP contribution in [-0.2, 0) is 0 Å². The summed E-state index contributed by atoms with van der Waals surface area (Å²) in [5.74, 6) is -0.00985. The Morgan fingerprint density at radius 2 is 0.463 bits per heavy atom. The van der Waals surface area contributed by atoms with Crippen LogP contribution in [0.25, 0.3) is 87.6 Å². The maximum Gasteiger partial charge on any atom is 0.193 e. The van der Waals surface area contributed by atoms with E-state index in [0.29, 0.717) is 11.1 Å². The predicted octanol–water partition coefficient (Wildman–Crippen LogP) is 14.2. The maximum atomic E-state index is 15.0. The first-order valence-electron chi connectivity index (χ1n) is 18.4. The van der Waals surface area contributed by atoms with Gasteiger partial charge in [0, 0.05) is 11.1 Å². The molecule has 0 saturated heterocycles. The third-order valence-corrected chi connectivity index (χ3v) is 10.7. The largest absolute Gasteiger partial charge is 0.289 e. The minimum atomic E-state index is -0.00985. The first-order chi connectivity index (χ1) is 26.6. The van der Waals surface area contributed by atoms with Gasteiger partial charge in [0.25, 0.3) is 0 Å². The molecule has 0 fully saturated rings. The second-order valence-electron chi connectivity index (χ2n) is 14.2. The standard InChI is InChI=1S/C53H34O/c54-53(51-31-47(43-21-17-35-9-1-5-13-39(35)25-43)29-48(32-51)44-22-18-36-10-2-6-14-40(36)26-44)52-33-49(45-23-19-37-11-3-7-15-41(37)27-45)30-50(34-52)46-24-20-38-12-4-8-16-42(38)28-46/h1-34H. The summed E-state index contributed by atoms with van der Waals surface area (Å²) in [6.07, 6.45) is 0. The van der Waals surface area contributed by atoms with Gasteiger partial charge in [0.1, 0.15) is 0 Å². The van der Waals surface area contributed by atoms with Crippen LogP contribution in [0, 0.1) is 0 Å². The molecule has 252 valence electrons. The van der Waals surface area contributed by atoms with Gasteiger partial charge in [0.2, 0.25) is 0 Å². The Hall–Kier alpha value is -7.09. The van der Waals surface area contributed by atoms with Crippen molar-refractivity contribution in [1.29, 1.82) is 0 Å². The summed E-state index contributed by atoms with van der Waals surface area (Å²) in [6, 6.07) is 72.6. The lowest BCUT2D eigenvalue weighted by Crippen LogP contribution is -2.03.